The Morgan fingerprint density at radius 3 is 0.605 bits per heavy atom. The van der Waals surface area contributed by atoms with Gasteiger partial charge in [0.1, 0.15) is 0 Å². The molecule has 0 aliphatic heterocycles. The second-order valence-electron chi connectivity index (χ2n) is 19.3. The Morgan fingerprint density at radius 1 is 0.198 bits per heavy atom. The molecule has 0 aliphatic rings. The maximum absolute atomic E-state index is 4.34. The van der Waals surface area contributed by atoms with Gasteiger partial charge in [-0.1, -0.05) is 322 Å². The number of hydrogen-bond acceptors (Lipinski definition) is 5. The van der Waals surface area contributed by atoms with Crippen LogP contribution in [0.3, 0.4) is 0 Å². The Labute approximate surface area is 530 Å². The summed E-state index contributed by atoms with van der Waals surface area (Å²) in [5.74, 6) is 0. The van der Waals surface area contributed by atoms with E-state index in [9.17, 15) is 0 Å². The first-order chi connectivity index (χ1) is 42.2. The Morgan fingerprint density at radius 2 is 0.384 bits per heavy atom. The molecule has 0 fully saturated rings. The van der Waals surface area contributed by atoms with Gasteiger partial charge >= 0.3 is 37.3 Å². The zero-order valence-electron chi connectivity index (χ0n) is 46.6. The van der Waals surface area contributed by atoms with Gasteiger partial charge in [-0.15, -0.1) is 17.1 Å². The average molecular weight is 1270 g/mol. The van der Waals surface area contributed by atoms with E-state index in [0.29, 0.717) is 0 Å². The molecule has 10 nitrogen and oxygen atoms in total. The van der Waals surface area contributed by atoms with E-state index in [-0.39, 0.29) is 37.3 Å². The summed E-state index contributed by atoms with van der Waals surface area (Å²) in [6.07, 6.45) is 0. The van der Waals surface area contributed by atoms with Gasteiger partial charge in [0, 0.05) is 28.2 Å². The van der Waals surface area contributed by atoms with Crippen molar-refractivity contribution in [2.45, 2.75) is 0 Å². The van der Waals surface area contributed by atoms with Crippen LogP contribution in [-0.4, -0.2) is 35.7 Å². The van der Waals surface area contributed by atoms with E-state index in [1.54, 1.807) is 0 Å². The van der Waals surface area contributed by atoms with Crippen LogP contribution >= 0.6 is 0 Å². The molecule has 2 N–H and O–H groups in total. The molecular weight excluding hydrogens is 1210 g/mol. The van der Waals surface area contributed by atoms with E-state index in [2.05, 4.69) is 112 Å². The topological polar surface area (TPSA) is 138 Å². The molecule has 15 rings (SSSR count). The van der Waals surface area contributed by atoms with Crippen LogP contribution in [-0.2, 0) is 0 Å². The van der Waals surface area contributed by atoms with Gasteiger partial charge < -0.3 is 30.6 Å². The summed E-state index contributed by atoms with van der Waals surface area (Å²) in [5, 5.41) is 40.1. The maximum Gasteiger partial charge on any atom is 3.00 e. The van der Waals surface area contributed by atoms with Gasteiger partial charge in [-0.05, 0) is 56.6 Å². The van der Waals surface area contributed by atoms with Crippen molar-refractivity contribution in [1.82, 2.24) is 51.0 Å². The molecule has 86 heavy (non-hydrogen) atoms. The molecular formula is C75H57ErN10. The number of rotatable bonds is 10. The first-order valence-corrected chi connectivity index (χ1v) is 27.8. The number of hydrogen-bond donors (Lipinski definition) is 2. The Hall–Kier alpha value is -10.5. The van der Waals surface area contributed by atoms with Crippen molar-refractivity contribution >= 4 is 0 Å². The molecule has 419 valence electrons. The van der Waals surface area contributed by atoms with E-state index in [0.717, 1.165) is 113 Å². The molecule has 1 radical (unpaired) electrons. The SMILES string of the molecule is [Er+3].c1ccc(-c2cc(-c3ccccc3)[n-]n2)cc1.c1ccc(-c2cc(-c3ccccc3)[n-]n2)cc1.c1ccc(-c2cc(-c3ccccc3)[n-]n2)cc1.c1ccc(-c2cc(-c3ccccc3)[nH]n2)cc1.c1ccc(-c2cc(-c3ccccc3)[nH]n2)cc1. The minimum absolute atomic E-state index is 0. The van der Waals surface area contributed by atoms with Gasteiger partial charge in [0.25, 0.3) is 0 Å². The Balaban J connectivity index is 0.000000119. The number of benzene rings is 10. The largest absolute Gasteiger partial charge is 3.00 e. The fourth-order valence-electron chi connectivity index (χ4n) is 9.07. The maximum atomic E-state index is 4.34. The van der Waals surface area contributed by atoms with E-state index in [1.807, 2.05) is 273 Å². The van der Waals surface area contributed by atoms with Gasteiger partial charge in [0.15, 0.2) is 0 Å². The second-order valence-corrected chi connectivity index (χ2v) is 19.3. The van der Waals surface area contributed by atoms with Gasteiger partial charge in [-0.3, -0.25) is 10.2 Å². The normalized spacial score (nSPS) is 10.2. The van der Waals surface area contributed by atoms with Crippen LogP contribution in [0, 0.1) is 37.3 Å². The summed E-state index contributed by atoms with van der Waals surface area (Å²) in [7, 11) is 0. The molecule has 5 heterocycles. The van der Waals surface area contributed by atoms with Gasteiger partial charge in [0.2, 0.25) is 0 Å². The zero-order chi connectivity index (χ0) is 57.5. The molecule has 11 heteroatoms. The molecule has 0 spiro atoms. The van der Waals surface area contributed by atoms with Crippen LogP contribution in [0.1, 0.15) is 0 Å². The molecule has 0 amide bonds. The number of nitrogens with one attached hydrogen (secondary N) is 2. The molecule has 0 saturated heterocycles. The summed E-state index contributed by atoms with van der Waals surface area (Å²) < 4.78 is 0. The van der Waals surface area contributed by atoms with Crippen molar-refractivity contribution in [3.63, 3.8) is 0 Å². The predicted octanol–water partition coefficient (Wildman–Crippen LogP) is 17.6. The minimum Gasteiger partial charge on any atom is -0.574 e. The molecule has 0 unspecified atom stereocenters. The smallest absolute Gasteiger partial charge is 0.574 e. The number of H-pyrrole nitrogens is 2. The molecule has 0 atom stereocenters. The summed E-state index contributed by atoms with van der Waals surface area (Å²) in [6.45, 7) is 0. The molecule has 0 bridgehead atoms. The Kier molecular flexibility index (Phi) is 20.9. The van der Waals surface area contributed by atoms with Crippen LogP contribution in [0.2, 0.25) is 0 Å². The first-order valence-electron chi connectivity index (χ1n) is 27.8. The van der Waals surface area contributed by atoms with Gasteiger partial charge in [-0.25, -0.2) is 0 Å². The fourth-order valence-corrected chi connectivity index (χ4v) is 9.07. The molecule has 0 saturated carbocycles. The zero-order valence-corrected chi connectivity index (χ0v) is 48.5. The number of nitrogens with zero attached hydrogens (tertiary/aromatic N) is 8. The third kappa shape index (κ3) is 16.2. The van der Waals surface area contributed by atoms with Crippen molar-refractivity contribution in [1.29, 1.82) is 0 Å². The number of aromatic amines is 2. The fraction of sp³-hybridized carbons (Fsp3) is 0. The van der Waals surface area contributed by atoms with Crippen LogP contribution in [0.4, 0.5) is 0 Å². The molecule has 0 aliphatic carbocycles. The third-order valence-electron chi connectivity index (χ3n) is 13.5. The quantitative estimate of drug-likeness (QED) is 0.138. The van der Waals surface area contributed by atoms with E-state index < -0.39 is 0 Å². The van der Waals surface area contributed by atoms with Crippen molar-refractivity contribution < 1.29 is 37.3 Å². The van der Waals surface area contributed by atoms with Crippen molar-refractivity contribution in [2.24, 2.45) is 0 Å². The van der Waals surface area contributed by atoms with Crippen molar-refractivity contribution in [2.75, 3.05) is 0 Å². The summed E-state index contributed by atoms with van der Waals surface area (Å²) >= 11 is 0. The second kappa shape index (κ2) is 30.7. The summed E-state index contributed by atoms with van der Waals surface area (Å²) in [4.78, 5) is 0. The monoisotopic (exact) mass is 1260 g/mol. The van der Waals surface area contributed by atoms with Crippen molar-refractivity contribution in [3.05, 3.63) is 334 Å². The standard InChI is InChI=1S/2C15H12N2.3C15H11N2.Er/c5*1-3-7-12(8-4-1)14-11-15(17-16-14)13-9-5-2-6-10-13;/h2*1-11H,(H,16,17);3*1-11H;/q;;3*-1;+3. The van der Waals surface area contributed by atoms with Gasteiger partial charge in [-0.2, -0.15) is 10.2 Å². The van der Waals surface area contributed by atoms with Crippen LogP contribution in [0.15, 0.2) is 334 Å². The predicted molar refractivity (Wildman–Crippen MR) is 344 cm³/mol. The van der Waals surface area contributed by atoms with E-state index in [4.69, 9.17) is 0 Å². The van der Waals surface area contributed by atoms with Crippen LogP contribution in [0.25, 0.3) is 113 Å². The van der Waals surface area contributed by atoms with E-state index >= 15 is 0 Å². The third-order valence-corrected chi connectivity index (χ3v) is 13.5. The van der Waals surface area contributed by atoms with E-state index in [1.165, 1.54) is 0 Å². The molecule has 15 aromatic rings. The molecule has 5 aromatic heterocycles. The summed E-state index contributed by atoms with van der Waals surface area (Å²) in [6, 6.07) is 112. The average Bonchev–Trinajstić information content (AvgIpc) is 4.67. The van der Waals surface area contributed by atoms with Crippen LogP contribution < -0.4 is 15.3 Å². The Bertz CT molecular complexity index is 3380. The van der Waals surface area contributed by atoms with Crippen molar-refractivity contribution in [3.8, 4) is 113 Å². The molecule has 10 aromatic carbocycles. The first kappa shape index (κ1) is 58.7. The van der Waals surface area contributed by atoms with Crippen LogP contribution in [0.5, 0.6) is 0 Å². The van der Waals surface area contributed by atoms with Gasteiger partial charge in [0.05, 0.1) is 22.8 Å². The minimum atomic E-state index is 0. The number of aromatic nitrogens is 10. The summed E-state index contributed by atoms with van der Waals surface area (Å²) in [5.41, 5.74) is 20.7.